The largest absolute Gasteiger partial charge is 0.354 e. The third-order valence-electron chi connectivity index (χ3n) is 11.2. The fourth-order valence-electron chi connectivity index (χ4n) is 7.80. The molecule has 7 rings (SSSR count). The predicted molar refractivity (Wildman–Crippen MR) is 273 cm³/mol. The molecule has 0 heterocycles. The molecule has 10 heteroatoms. The second-order valence-corrected chi connectivity index (χ2v) is 20.5. The predicted octanol–water partition coefficient (Wildman–Crippen LogP) is 6.94. The highest BCUT2D eigenvalue weighted by Gasteiger charge is 2.22. The van der Waals surface area contributed by atoms with Crippen LogP contribution in [0.15, 0.2) is 194 Å². The lowest BCUT2D eigenvalue weighted by atomic mass is 9.99. The average Bonchev–Trinajstić information content (AvgIpc) is 3.36. The number of carbonyl (C=O) groups excluding carboxylic acids is 4. The van der Waals surface area contributed by atoms with Crippen molar-refractivity contribution in [2.75, 3.05) is 13.1 Å². The van der Waals surface area contributed by atoms with Crippen LogP contribution in [0.25, 0.3) is 0 Å². The van der Waals surface area contributed by atoms with E-state index >= 15 is 0 Å². The number of hydrogen-bond acceptors (Lipinski definition) is 4. The van der Waals surface area contributed by atoms with Crippen molar-refractivity contribution in [1.29, 1.82) is 0 Å². The van der Waals surface area contributed by atoms with Crippen LogP contribution in [0.3, 0.4) is 0 Å². The van der Waals surface area contributed by atoms with E-state index in [1.807, 2.05) is 109 Å². The fraction of sp³-hybridized carbons (Fsp3) is 0.179. The minimum absolute atomic E-state index is 0.237. The Bertz CT molecular complexity index is 2420. The number of aryl methyl sites for hydroxylation is 2. The lowest BCUT2D eigenvalue weighted by Crippen LogP contribution is -2.45. The lowest BCUT2D eigenvalue weighted by Gasteiger charge is -2.20. The maximum atomic E-state index is 13.4. The summed E-state index contributed by atoms with van der Waals surface area (Å²) >= 11 is 0. The molecule has 7 aromatic carbocycles. The van der Waals surface area contributed by atoms with Gasteiger partial charge in [0, 0.05) is 24.2 Å². The molecule has 0 aliphatic rings. The van der Waals surface area contributed by atoms with Gasteiger partial charge >= 0.3 is 0 Å². The van der Waals surface area contributed by atoms with E-state index in [1.165, 1.54) is 32.3 Å². The molecular formula is C56H56N4O4P2. The number of nitrogens with one attached hydrogen (secondary N) is 4. The number of amides is 4. The SMILES string of the molecule is C[C@H](NC(=O)c1cccc(P(c2ccccc2)c2ccccc2)c1)C(=O)NCCCc1ccccc1CCCNC(=O)[C@H](C)NC(=O)c1cccc(P(c2ccccc2)c2ccccc2)c1. The minimum atomic E-state index is -0.872. The number of carbonyl (C=O) groups is 4. The van der Waals surface area contributed by atoms with Crippen LogP contribution in [0.1, 0.15) is 58.5 Å². The minimum Gasteiger partial charge on any atom is -0.354 e. The molecule has 0 radical (unpaired) electrons. The second-order valence-electron chi connectivity index (χ2n) is 16.1. The van der Waals surface area contributed by atoms with Crippen LogP contribution in [0.2, 0.25) is 0 Å². The Morgan fingerprint density at radius 1 is 0.394 bits per heavy atom. The van der Waals surface area contributed by atoms with Gasteiger partial charge in [-0.2, -0.15) is 0 Å². The second kappa shape index (κ2) is 24.0. The summed E-state index contributed by atoms with van der Waals surface area (Å²) in [4.78, 5) is 53.0. The van der Waals surface area contributed by atoms with Gasteiger partial charge in [-0.05, 0) is 123 Å². The maximum Gasteiger partial charge on any atom is 0.251 e. The van der Waals surface area contributed by atoms with Crippen LogP contribution in [0.4, 0.5) is 0 Å². The Kier molecular flexibility index (Phi) is 17.2. The van der Waals surface area contributed by atoms with E-state index in [9.17, 15) is 19.2 Å². The summed E-state index contributed by atoms with van der Waals surface area (Å²) in [6.07, 6.45) is 2.99. The standard InChI is InChI=1S/C56H56N4O4P2/c1-41(59-55(63)45-23-17-35-51(39-45)65(47-27-7-3-8-28-47)48-29-9-4-10-30-48)53(61)57-37-19-25-43-21-15-16-22-44(43)26-20-38-58-54(62)42(2)60-56(64)46-24-18-36-52(40-46)66(49-31-11-5-12-32-49)50-33-13-6-14-34-50/h3-18,21-24,27-36,39-42H,19-20,25-26,37-38H2,1-2H3,(H,57,61)(H,58,62)(H,59,63)(H,60,64)/t41-,42-/m0/s1. The van der Waals surface area contributed by atoms with Gasteiger partial charge in [-0.15, -0.1) is 0 Å². The summed E-state index contributed by atoms with van der Waals surface area (Å²) < 4.78 is 0. The van der Waals surface area contributed by atoms with E-state index in [-0.39, 0.29) is 23.6 Å². The normalized spacial score (nSPS) is 11.9. The van der Waals surface area contributed by atoms with Crippen LogP contribution >= 0.6 is 15.8 Å². The van der Waals surface area contributed by atoms with Gasteiger partial charge in [0.2, 0.25) is 11.8 Å². The molecule has 7 aromatic rings. The molecule has 0 unspecified atom stereocenters. The molecule has 4 N–H and O–H groups in total. The van der Waals surface area contributed by atoms with E-state index in [0.717, 1.165) is 36.3 Å². The number of rotatable bonds is 20. The number of benzene rings is 7. The highest BCUT2D eigenvalue weighted by molar-refractivity contribution is 7.80. The van der Waals surface area contributed by atoms with E-state index in [1.54, 1.807) is 26.0 Å². The van der Waals surface area contributed by atoms with Gasteiger partial charge in [-0.1, -0.05) is 170 Å². The van der Waals surface area contributed by atoms with E-state index in [4.69, 9.17) is 0 Å². The Hall–Kier alpha value is -6.72. The summed E-state index contributed by atoms with van der Waals surface area (Å²) in [5.41, 5.74) is 3.41. The Morgan fingerprint density at radius 2 is 0.697 bits per heavy atom. The van der Waals surface area contributed by atoms with Crippen LogP contribution in [0, 0.1) is 0 Å². The zero-order valence-corrected chi connectivity index (χ0v) is 39.2. The van der Waals surface area contributed by atoms with Crippen molar-refractivity contribution >= 4 is 71.3 Å². The van der Waals surface area contributed by atoms with Crippen molar-refractivity contribution in [2.24, 2.45) is 0 Å². The Labute approximate surface area is 391 Å². The van der Waals surface area contributed by atoms with E-state index in [2.05, 4.69) is 94.1 Å². The molecule has 0 saturated heterocycles. The van der Waals surface area contributed by atoms with Gasteiger partial charge in [0.05, 0.1) is 0 Å². The van der Waals surface area contributed by atoms with Gasteiger partial charge in [0.25, 0.3) is 11.8 Å². The average molecular weight is 911 g/mol. The summed E-state index contributed by atoms with van der Waals surface area (Å²) in [5.74, 6) is -1.06. The van der Waals surface area contributed by atoms with Crippen molar-refractivity contribution in [3.63, 3.8) is 0 Å². The molecular weight excluding hydrogens is 855 g/mol. The van der Waals surface area contributed by atoms with Gasteiger partial charge in [0.15, 0.2) is 0 Å². The molecule has 0 fully saturated rings. The molecule has 66 heavy (non-hydrogen) atoms. The molecule has 0 spiro atoms. The van der Waals surface area contributed by atoms with Gasteiger partial charge in [-0.3, -0.25) is 19.2 Å². The summed E-state index contributed by atoms with van der Waals surface area (Å²) in [7, 11) is -1.74. The third kappa shape index (κ3) is 13.0. The molecule has 0 aliphatic carbocycles. The van der Waals surface area contributed by atoms with Crippen molar-refractivity contribution in [3.05, 3.63) is 216 Å². The highest BCUT2D eigenvalue weighted by Crippen LogP contribution is 2.34. The summed E-state index contributed by atoms with van der Waals surface area (Å²) in [5, 5.41) is 18.7. The molecule has 0 aromatic heterocycles. The molecule has 4 amide bonds. The van der Waals surface area contributed by atoms with Crippen LogP contribution in [-0.2, 0) is 22.4 Å². The Balaban J connectivity index is 0.840. The fourth-order valence-corrected chi connectivity index (χ4v) is 12.5. The Morgan fingerprint density at radius 3 is 1.03 bits per heavy atom. The number of hydrogen-bond donors (Lipinski definition) is 4. The monoisotopic (exact) mass is 910 g/mol. The first kappa shape index (κ1) is 47.2. The first-order valence-corrected chi connectivity index (χ1v) is 25.2. The molecule has 8 nitrogen and oxygen atoms in total. The third-order valence-corrected chi connectivity index (χ3v) is 16.1. The topological polar surface area (TPSA) is 116 Å². The van der Waals surface area contributed by atoms with Crippen LogP contribution in [0.5, 0.6) is 0 Å². The highest BCUT2D eigenvalue weighted by atomic mass is 31.1. The van der Waals surface area contributed by atoms with Crippen LogP contribution < -0.4 is 53.1 Å². The van der Waals surface area contributed by atoms with E-state index < -0.39 is 27.9 Å². The molecule has 0 saturated carbocycles. The first-order valence-electron chi connectivity index (χ1n) is 22.5. The summed E-state index contributed by atoms with van der Waals surface area (Å²) in [6, 6.07) is 63.5. The summed E-state index contributed by atoms with van der Waals surface area (Å²) in [6.45, 7) is 4.34. The van der Waals surface area contributed by atoms with Gasteiger partial charge in [-0.25, -0.2) is 0 Å². The van der Waals surface area contributed by atoms with Crippen molar-refractivity contribution in [3.8, 4) is 0 Å². The van der Waals surface area contributed by atoms with Gasteiger partial charge in [0.1, 0.15) is 12.1 Å². The van der Waals surface area contributed by atoms with Crippen molar-refractivity contribution < 1.29 is 19.2 Å². The van der Waals surface area contributed by atoms with Crippen LogP contribution in [-0.4, -0.2) is 48.8 Å². The molecule has 334 valence electrons. The molecule has 2 atom stereocenters. The quantitative estimate of drug-likeness (QED) is 0.0491. The molecule has 0 bridgehead atoms. The first-order chi connectivity index (χ1) is 32.2. The zero-order chi connectivity index (χ0) is 46.1. The van der Waals surface area contributed by atoms with E-state index in [0.29, 0.717) is 24.2 Å². The zero-order valence-electron chi connectivity index (χ0n) is 37.4. The van der Waals surface area contributed by atoms with Gasteiger partial charge < -0.3 is 21.3 Å². The smallest absolute Gasteiger partial charge is 0.251 e. The molecule has 0 aliphatic heterocycles. The lowest BCUT2D eigenvalue weighted by molar-refractivity contribution is -0.123. The maximum absolute atomic E-state index is 13.4. The van der Waals surface area contributed by atoms with Crippen molar-refractivity contribution in [1.82, 2.24) is 21.3 Å². The van der Waals surface area contributed by atoms with Crippen molar-refractivity contribution in [2.45, 2.75) is 51.6 Å².